The maximum atomic E-state index is 8.41. The Bertz CT molecular complexity index is 291. The molecule has 0 N–H and O–H groups in total. The maximum Gasteiger partial charge on any atom is 0.389 e. The molecule has 0 aliphatic carbocycles. The Morgan fingerprint density at radius 3 is 2.55 bits per heavy atom. The van der Waals surface area contributed by atoms with E-state index in [1.165, 1.54) is 0 Å². The van der Waals surface area contributed by atoms with Crippen LogP contribution in [-0.4, -0.2) is 0 Å². The summed E-state index contributed by atoms with van der Waals surface area (Å²) in [6.07, 6.45) is 0. The number of nitrogens with zero attached hydrogens (tertiary/aromatic N) is 2. The Morgan fingerprint density at radius 1 is 1.45 bits per heavy atom. The van der Waals surface area contributed by atoms with Gasteiger partial charge in [-0.25, -0.2) is 0 Å². The number of rotatable bonds is 0. The molecule has 0 saturated carbocycles. The van der Waals surface area contributed by atoms with E-state index in [-0.39, 0.29) is 12.4 Å². The molecule has 0 aliphatic heterocycles. The summed E-state index contributed by atoms with van der Waals surface area (Å²) in [5.41, 5.74) is 1.43. The van der Waals surface area contributed by atoms with Crippen molar-refractivity contribution in [3.63, 3.8) is 0 Å². The molecule has 0 unspecified atom stereocenters. The molecule has 0 amide bonds. The fourth-order valence-corrected chi connectivity index (χ4v) is 0.857. The lowest BCUT2D eigenvalue weighted by atomic mass is 10.2. The highest BCUT2D eigenvalue weighted by Gasteiger charge is 2.08. The van der Waals surface area contributed by atoms with Crippen LogP contribution in [-0.2, 0) is 0 Å². The molecule has 0 atom stereocenters. The van der Waals surface area contributed by atoms with Gasteiger partial charge in [0.15, 0.2) is 4.98 Å². The molecule has 0 fully saturated rings. The Labute approximate surface area is 76.2 Å². The molecule has 4 heteroatoms. The molecule has 0 aromatic heterocycles. The summed E-state index contributed by atoms with van der Waals surface area (Å²) in [6.45, 7) is 1.85. The van der Waals surface area contributed by atoms with Gasteiger partial charge in [0.2, 0.25) is 5.39 Å². The average molecular weight is 189 g/mol. The van der Waals surface area contributed by atoms with Crippen molar-refractivity contribution in [2.24, 2.45) is 0 Å². The van der Waals surface area contributed by atoms with Crippen LogP contribution in [0.5, 0.6) is 0 Å². The number of benzene rings is 1. The van der Waals surface area contributed by atoms with Crippen LogP contribution in [0.1, 0.15) is 5.56 Å². The van der Waals surface area contributed by atoms with E-state index in [9.17, 15) is 0 Å². The van der Waals surface area contributed by atoms with Crippen LogP contribution in [0.15, 0.2) is 18.2 Å². The summed E-state index contributed by atoms with van der Waals surface area (Å²) in [4.78, 5) is 3.05. The predicted molar refractivity (Wildman–Crippen MR) is 40.9 cm³/mol. The van der Waals surface area contributed by atoms with Crippen LogP contribution in [0, 0.1) is 12.3 Å². The van der Waals surface area contributed by atoms with Gasteiger partial charge in [-0.15, -0.1) is 0 Å². The molecule has 11 heavy (non-hydrogen) atoms. The molecule has 0 bridgehead atoms. The van der Waals surface area contributed by atoms with Crippen molar-refractivity contribution in [2.75, 3.05) is 0 Å². The van der Waals surface area contributed by atoms with Crippen LogP contribution >= 0.6 is 11.6 Å². The minimum Gasteiger partial charge on any atom is -1.00 e. The van der Waals surface area contributed by atoms with Gasteiger partial charge in [-0.2, -0.15) is 0 Å². The molecule has 1 aromatic carbocycles. The van der Waals surface area contributed by atoms with Crippen LogP contribution in [0.25, 0.3) is 4.98 Å². The molecule has 2 nitrogen and oxygen atoms in total. The van der Waals surface area contributed by atoms with Crippen molar-refractivity contribution in [2.45, 2.75) is 6.92 Å². The number of hydrogen-bond donors (Lipinski definition) is 0. The second-order valence-corrected chi connectivity index (χ2v) is 2.47. The zero-order chi connectivity index (χ0) is 7.56. The summed E-state index contributed by atoms with van der Waals surface area (Å²) in [5.74, 6) is 0. The van der Waals surface area contributed by atoms with Crippen LogP contribution < -0.4 is 12.4 Å². The quantitative estimate of drug-likeness (QED) is 0.533. The summed E-state index contributed by atoms with van der Waals surface area (Å²) >= 11 is 5.62. The fraction of sp³-hybridized carbons (Fsp3) is 0.143. The Balaban J connectivity index is 0.000001000. The van der Waals surface area contributed by atoms with Gasteiger partial charge in [0.05, 0.1) is 6.07 Å². The summed E-state index contributed by atoms with van der Waals surface area (Å²) < 4.78 is 0. The summed E-state index contributed by atoms with van der Waals surface area (Å²) in [7, 11) is 0. The van der Waals surface area contributed by atoms with Gasteiger partial charge in [-0.3, -0.25) is 0 Å². The molecular weight excluding hydrogens is 183 g/mol. The van der Waals surface area contributed by atoms with Gasteiger partial charge in [-0.05, 0) is 19.1 Å². The van der Waals surface area contributed by atoms with Crippen molar-refractivity contribution >= 4 is 17.3 Å². The van der Waals surface area contributed by atoms with E-state index in [1.54, 1.807) is 18.2 Å². The molecule has 0 aliphatic rings. The lowest BCUT2D eigenvalue weighted by Gasteiger charge is -1.85. The van der Waals surface area contributed by atoms with Gasteiger partial charge in [0.1, 0.15) is 0 Å². The standard InChI is InChI=1S/C7H6ClN2.ClH/c1-5-2-3-6(8)4-7(5)10-9;/h2-4H,1H3;1H/q+1;/p-1. The molecule has 0 spiro atoms. The molecule has 1 aromatic rings. The van der Waals surface area contributed by atoms with E-state index in [4.69, 9.17) is 17.0 Å². The van der Waals surface area contributed by atoms with Gasteiger partial charge in [0.25, 0.3) is 0 Å². The van der Waals surface area contributed by atoms with E-state index in [2.05, 4.69) is 4.98 Å². The van der Waals surface area contributed by atoms with E-state index >= 15 is 0 Å². The van der Waals surface area contributed by atoms with Gasteiger partial charge in [-0.1, -0.05) is 11.6 Å². The van der Waals surface area contributed by atoms with E-state index in [1.807, 2.05) is 6.92 Å². The van der Waals surface area contributed by atoms with Crippen molar-refractivity contribution in [3.8, 4) is 0 Å². The monoisotopic (exact) mass is 188 g/mol. The van der Waals surface area contributed by atoms with Crippen molar-refractivity contribution < 1.29 is 12.4 Å². The third kappa shape index (κ3) is 2.38. The van der Waals surface area contributed by atoms with Crippen molar-refractivity contribution in [1.82, 2.24) is 0 Å². The first kappa shape index (κ1) is 10.2. The lowest BCUT2D eigenvalue weighted by Crippen LogP contribution is -3.00. The number of hydrogen-bond acceptors (Lipinski definition) is 1. The van der Waals surface area contributed by atoms with E-state index in [0.717, 1.165) is 5.56 Å². The first-order valence-corrected chi connectivity index (χ1v) is 3.23. The highest BCUT2D eigenvalue weighted by molar-refractivity contribution is 6.30. The van der Waals surface area contributed by atoms with E-state index < -0.39 is 0 Å². The van der Waals surface area contributed by atoms with Gasteiger partial charge >= 0.3 is 5.69 Å². The van der Waals surface area contributed by atoms with Crippen molar-refractivity contribution in [1.29, 1.82) is 5.39 Å². The van der Waals surface area contributed by atoms with Crippen LogP contribution in [0.2, 0.25) is 5.02 Å². The second kappa shape index (κ2) is 4.17. The third-order valence-corrected chi connectivity index (χ3v) is 1.51. The number of aryl methyl sites for hydroxylation is 1. The van der Waals surface area contributed by atoms with Crippen LogP contribution in [0.4, 0.5) is 5.69 Å². The Hall–Kier alpha value is -0.780. The first-order chi connectivity index (χ1) is 4.74. The number of halogens is 2. The van der Waals surface area contributed by atoms with Gasteiger partial charge in [0, 0.05) is 10.6 Å². The van der Waals surface area contributed by atoms with E-state index in [0.29, 0.717) is 10.7 Å². The Kier molecular flexibility index (Phi) is 3.88. The molecule has 0 radical (unpaired) electrons. The number of diazo groups is 1. The molecule has 58 valence electrons. The zero-order valence-corrected chi connectivity index (χ0v) is 7.39. The zero-order valence-electron chi connectivity index (χ0n) is 5.88. The first-order valence-electron chi connectivity index (χ1n) is 2.85. The summed E-state index contributed by atoms with van der Waals surface area (Å²) in [5, 5.41) is 8.99. The molecular formula is C7H6Cl2N2. The SMILES string of the molecule is Cc1ccc(Cl)cc1[N+]#N.[Cl-]. The van der Waals surface area contributed by atoms with Crippen LogP contribution in [0.3, 0.4) is 0 Å². The topological polar surface area (TPSA) is 28.1 Å². The molecule has 0 heterocycles. The summed E-state index contributed by atoms with van der Waals surface area (Å²) in [6, 6.07) is 5.17. The highest BCUT2D eigenvalue weighted by atomic mass is 35.5. The smallest absolute Gasteiger partial charge is 0.389 e. The average Bonchev–Trinajstić information content (AvgIpc) is 1.94. The van der Waals surface area contributed by atoms with Gasteiger partial charge < -0.3 is 12.4 Å². The minimum absolute atomic E-state index is 0. The lowest BCUT2D eigenvalue weighted by molar-refractivity contribution is -0.00000224. The molecule has 0 saturated heterocycles. The minimum atomic E-state index is 0. The second-order valence-electron chi connectivity index (χ2n) is 2.03. The maximum absolute atomic E-state index is 8.41. The normalized spacial score (nSPS) is 8.09. The third-order valence-electron chi connectivity index (χ3n) is 1.28. The highest BCUT2D eigenvalue weighted by Crippen LogP contribution is 2.22. The molecule has 1 rings (SSSR count). The van der Waals surface area contributed by atoms with Crippen molar-refractivity contribution in [3.05, 3.63) is 33.8 Å². The fourth-order valence-electron chi connectivity index (χ4n) is 0.690. The largest absolute Gasteiger partial charge is 1.00 e. The Morgan fingerprint density at radius 2 is 2.09 bits per heavy atom. The predicted octanol–water partition coefficient (Wildman–Crippen LogP) is 0.137.